The highest BCUT2D eigenvalue weighted by molar-refractivity contribution is 7.85. The van der Waals surface area contributed by atoms with Crippen LogP contribution >= 0.6 is 0 Å². The Kier molecular flexibility index (Phi) is 4.41. The number of nitrogens with one attached hydrogen (secondary N) is 1. The van der Waals surface area contributed by atoms with Gasteiger partial charge in [-0.2, -0.15) is 0 Å². The van der Waals surface area contributed by atoms with Gasteiger partial charge < -0.3 is 10.1 Å². The van der Waals surface area contributed by atoms with Gasteiger partial charge in [0.25, 0.3) is 0 Å². The van der Waals surface area contributed by atoms with E-state index >= 15 is 0 Å². The van der Waals surface area contributed by atoms with Gasteiger partial charge in [-0.3, -0.25) is 4.21 Å². The molecule has 2 aliphatic rings. The summed E-state index contributed by atoms with van der Waals surface area (Å²) in [6, 6.07) is 7.51. The van der Waals surface area contributed by atoms with Crippen LogP contribution in [0.15, 0.2) is 18.2 Å². The Morgan fingerprint density at radius 3 is 2.95 bits per heavy atom. The van der Waals surface area contributed by atoms with Crippen LogP contribution in [-0.2, 0) is 17.2 Å². The molecule has 1 atom stereocenters. The molecule has 1 N–H and O–H groups in total. The largest absolute Gasteiger partial charge is 0.493 e. The van der Waals surface area contributed by atoms with E-state index in [1.807, 2.05) is 0 Å². The van der Waals surface area contributed by atoms with E-state index in [1.54, 1.807) is 0 Å². The predicted molar refractivity (Wildman–Crippen MR) is 82.7 cm³/mol. The maximum absolute atomic E-state index is 11.4. The third-order valence-electron chi connectivity index (χ3n) is 4.35. The molecule has 2 heterocycles. The Balaban J connectivity index is 1.68. The van der Waals surface area contributed by atoms with E-state index < -0.39 is 10.8 Å². The van der Waals surface area contributed by atoms with Crippen LogP contribution in [0.4, 0.5) is 0 Å². The minimum Gasteiger partial charge on any atom is -0.493 e. The summed E-state index contributed by atoms with van der Waals surface area (Å²) >= 11 is 0. The standard InChI is InChI=1S/C16H23NO2S/c1-2-15(17-14-6-9-20(18)10-7-14)12-3-4-16-13(11-12)5-8-19-16/h3-4,11,14-15,17H,2,5-10H2,1H3. The van der Waals surface area contributed by atoms with Crippen molar-refractivity contribution < 1.29 is 8.95 Å². The molecule has 4 heteroatoms. The van der Waals surface area contributed by atoms with E-state index in [0.29, 0.717) is 12.1 Å². The molecule has 0 aromatic heterocycles. The number of benzene rings is 1. The van der Waals surface area contributed by atoms with E-state index in [9.17, 15) is 4.21 Å². The summed E-state index contributed by atoms with van der Waals surface area (Å²) in [5.74, 6) is 2.76. The molecule has 3 rings (SSSR count). The van der Waals surface area contributed by atoms with E-state index in [2.05, 4.69) is 30.4 Å². The van der Waals surface area contributed by atoms with Crippen molar-refractivity contribution in [2.45, 2.75) is 44.7 Å². The first-order valence-corrected chi connectivity index (χ1v) is 9.11. The Labute approximate surface area is 123 Å². The van der Waals surface area contributed by atoms with Gasteiger partial charge in [-0.25, -0.2) is 0 Å². The molecule has 1 fully saturated rings. The number of rotatable bonds is 4. The molecule has 110 valence electrons. The normalized spacial score (nSPS) is 26.9. The van der Waals surface area contributed by atoms with Gasteiger partial charge in [0.05, 0.1) is 6.61 Å². The van der Waals surface area contributed by atoms with Crippen molar-refractivity contribution in [1.29, 1.82) is 0 Å². The van der Waals surface area contributed by atoms with Crippen LogP contribution in [0.5, 0.6) is 5.75 Å². The van der Waals surface area contributed by atoms with Gasteiger partial charge >= 0.3 is 0 Å². The minimum atomic E-state index is -0.579. The van der Waals surface area contributed by atoms with Crippen molar-refractivity contribution in [3.8, 4) is 5.75 Å². The Morgan fingerprint density at radius 2 is 2.20 bits per heavy atom. The van der Waals surface area contributed by atoms with Crippen molar-refractivity contribution in [1.82, 2.24) is 5.32 Å². The third kappa shape index (κ3) is 3.07. The lowest BCUT2D eigenvalue weighted by atomic mass is 9.99. The van der Waals surface area contributed by atoms with Crippen molar-refractivity contribution >= 4 is 10.8 Å². The zero-order chi connectivity index (χ0) is 13.9. The zero-order valence-electron chi connectivity index (χ0n) is 12.1. The molecule has 3 nitrogen and oxygen atoms in total. The van der Waals surface area contributed by atoms with Gasteiger partial charge in [0.15, 0.2) is 0 Å². The average molecular weight is 293 g/mol. The predicted octanol–water partition coefficient (Wildman–Crippen LogP) is 2.57. The zero-order valence-corrected chi connectivity index (χ0v) is 12.9. The molecule has 0 saturated carbocycles. The lowest BCUT2D eigenvalue weighted by Crippen LogP contribution is -2.38. The fourth-order valence-corrected chi connectivity index (χ4v) is 4.42. The molecule has 1 aromatic rings. The first-order chi connectivity index (χ1) is 9.76. The summed E-state index contributed by atoms with van der Waals surface area (Å²) in [6.45, 7) is 3.04. The highest BCUT2D eigenvalue weighted by atomic mass is 32.2. The van der Waals surface area contributed by atoms with Crippen LogP contribution in [0.2, 0.25) is 0 Å². The van der Waals surface area contributed by atoms with E-state index in [4.69, 9.17) is 4.74 Å². The van der Waals surface area contributed by atoms with Gasteiger partial charge in [0.2, 0.25) is 0 Å². The van der Waals surface area contributed by atoms with Crippen LogP contribution in [-0.4, -0.2) is 28.4 Å². The minimum absolute atomic E-state index is 0.400. The summed E-state index contributed by atoms with van der Waals surface area (Å²) in [7, 11) is -0.579. The lowest BCUT2D eigenvalue weighted by molar-refractivity contribution is 0.356. The summed E-state index contributed by atoms with van der Waals surface area (Å²) < 4.78 is 17.0. The van der Waals surface area contributed by atoms with Crippen LogP contribution < -0.4 is 10.1 Å². The van der Waals surface area contributed by atoms with E-state index in [0.717, 1.165) is 49.5 Å². The Hall–Kier alpha value is -0.870. The molecule has 1 unspecified atom stereocenters. The van der Waals surface area contributed by atoms with Gasteiger partial charge in [-0.1, -0.05) is 19.1 Å². The first-order valence-electron chi connectivity index (χ1n) is 7.63. The van der Waals surface area contributed by atoms with E-state index in [1.165, 1.54) is 11.1 Å². The second-order valence-electron chi connectivity index (χ2n) is 5.72. The molecule has 2 aliphatic heterocycles. The second-order valence-corrected chi connectivity index (χ2v) is 7.41. The fourth-order valence-electron chi connectivity index (χ4n) is 3.12. The number of hydrogen-bond acceptors (Lipinski definition) is 3. The fraction of sp³-hybridized carbons (Fsp3) is 0.625. The highest BCUT2D eigenvalue weighted by Crippen LogP contribution is 2.29. The maximum Gasteiger partial charge on any atom is 0.122 e. The average Bonchev–Trinajstić information content (AvgIpc) is 2.94. The molecule has 1 saturated heterocycles. The lowest BCUT2D eigenvalue weighted by Gasteiger charge is -2.28. The van der Waals surface area contributed by atoms with Crippen LogP contribution in [0.25, 0.3) is 0 Å². The number of ether oxygens (including phenoxy) is 1. The van der Waals surface area contributed by atoms with Gasteiger partial charge in [-0.05, 0) is 36.5 Å². The molecule has 0 bridgehead atoms. The van der Waals surface area contributed by atoms with Crippen molar-refractivity contribution in [3.63, 3.8) is 0 Å². The van der Waals surface area contributed by atoms with Gasteiger partial charge in [0, 0.05) is 40.8 Å². The Bertz CT molecular complexity index is 493. The summed E-state index contributed by atoms with van der Waals surface area (Å²) in [6.07, 6.45) is 4.19. The van der Waals surface area contributed by atoms with Crippen LogP contribution in [0.1, 0.15) is 43.4 Å². The molecule has 0 aliphatic carbocycles. The third-order valence-corrected chi connectivity index (χ3v) is 5.73. The van der Waals surface area contributed by atoms with Gasteiger partial charge in [-0.15, -0.1) is 0 Å². The number of hydrogen-bond donors (Lipinski definition) is 1. The quantitative estimate of drug-likeness (QED) is 0.927. The van der Waals surface area contributed by atoms with Crippen molar-refractivity contribution in [2.24, 2.45) is 0 Å². The van der Waals surface area contributed by atoms with Crippen LogP contribution in [0, 0.1) is 0 Å². The van der Waals surface area contributed by atoms with Crippen molar-refractivity contribution in [3.05, 3.63) is 29.3 Å². The van der Waals surface area contributed by atoms with Crippen molar-refractivity contribution in [2.75, 3.05) is 18.1 Å². The van der Waals surface area contributed by atoms with Crippen LogP contribution in [0.3, 0.4) is 0 Å². The van der Waals surface area contributed by atoms with Gasteiger partial charge in [0.1, 0.15) is 5.75 Å². The molecule has 20 heavy (non-hydrogen) atoms. The maximum atomic E-state index is 11.4. The summed E-state index contributed by atoms with van der Waals surface area (Å²) in [5, 5.41) is 3.76. The smallest absolute Gasteiger partial charge is 0.122 e. The molecule has 1 aromatic carbocycles. The monoisotopic (exact) mass is 293 g/mol. The summed E-state index contributed by atoms with van der Waals surface area (Å²) in [4.78, 5) is 0. The molecule has 0 amide bonds. The van der Waals surface area contributed by atoms with E-state index in [-0.39, 0.29) is 0 Å². The number of fused-ring (bicyclic) bond motifs is 1. The molecular formula is C16H23NO2S. The molecule has 0 radical (unpaired) electrons. The first kappa shape index (κ1) is 14.1. The highest BCUT2D eigenvalue weighted by Gasteiger charge is 2.22. The topological polar surface area (TPSA) is 38.3 Å². The molecule has 0 spiro atoms. The Morgan fingerprint density at radius 1 is 1.40 bits per heavy atom. The molecular weight excluding hydrogens is 270 g/mol. The SMILES string of the molecule is CCC(NC1CCS(=O)CC1)c1ccc2c(c1)CCO2. The summed E-state index contributed by atoms with van der Waals surface area (Å²) in [5.41, 5.74) is 2.70. The second kappa shape index (κ2) is 6.27.